The third-order valence-corrected chi connectivity index (χ3v) is 7.84. The number of nitrogens with zero attached hydrogens (tertiary/aromatic N) is 5. The van der Waals surface area contributed by atoms with Crippen LogP contribution in [0.1, 0.15) is 59.8 Å². The van der Waals surface area contributed by atoms with Crippen molar-refractivity contribution in [2.75, 3.05) is 24.5 Å². The SMILES string of the molecule is CC1CCCN1C(=O)c1cc2nc(N3CCCCC3)n(Cc3ccccc3C#N)c(=O)c2s1. The second-order valence-corrected chi connectivity index (χ2v) is 9.99. The molecule has 1 unspecified atom stereocenters. The topological polar surface area (TPSA) is 82.2 Å². The van der Waals surface area contributed by atoms with Gasteiger partial charge < -0.3 is 9.80 Å². The van der Waals surface area contributed by atoms with Gasteiger partial charge in [0.15, 0.2) is 0 Å². The van der Waals surface area contributed by atoms with Crippen LogP contribution in [0.4, 0.5) is 5.95 Å². The smallest absolute Gasteiger partial charge is 0.273 e. The molecule has 2 fully saturated rings. The van der Waals surface area contributed by atoms with Crippen molar-refractivity contribution in [1.29, 1.82) is 5.26 Å². The normalized spacial score (nSPS) is 18.6. The van der Waals surface area contributed by atoms with Gasteiger partial charge in [-0.15, -0.1) is 11.3 Å². The minimum atomic E-state index is -0.146. The molecular weight excluding hydrogens is 434 g/mol. The first-order chi connectivity index (χ1) is 16.1. The lowest BCUT2D eigenvalue weighted by atomic mass is 10.1. The van der Waals surface area contributed by atoms with Gasteiger partial charge in [-0.1, -0.05) is 18.2 Å². The lowest BCUT2D eigenvalue weighted by molar-refractivity contribution is 0.0752. The summed E-state index contributed by atoms with van der Waals surface area (Å²) in [6.07, 6.45) is 5.32. The fraction of sp³-hybridized carbons (Fsp3) is 0.440. The van der Waals surface area contributed by atoms with Gasteiger partial charge in [0, 0.05) is 25.7 Å². The molecule has 170 valence electrons. The molecule has 0 aliphatic carbocycles. The highest BCUT2D eigenvalue weighted by molar-refractivity contribution is 7.20. The van der Waals surface area contributed by atoms with E-state index in [0.29, 0.717) is 26.6 Å². The van der Waals surface area contributed by atoms with E-state index in [9.17, 15) is 14.9 Å². The standard InChI is InChI=1S/C25H27N5O2S/c1-17-8-7-13-29(17)23(31)21-14-20-22(33-21)24(32)30(16-19-10-4-3-9-18(19)15-26)25(27-20)28-11-5-2-6-12-28/h3-4,9-10,14,17H,2,5-8,11-13,16H2,1H3. The van der Waals surface area contributed by atoms with E-state index < -0.39 is 0 Å². The van der Waals surface area contributed by atoms with Gasteiger partial charge in [0.05, 0.1) is 28.6 Å². The van der Waals surface area contributed by atoms with Gasteiger partial charge in [-0.05, 0) is 56.7 Å². The summed E-state index contributed by atoms with van der Waals surface area (Å²) in [7, 11) is 0. The molecule has 0 radical (unpaired) electrons. The van der Waals surface area contributed by atoms with E-state index >= 15 is 0 Å². The van der Waals surface area contributed by atoms with Gasteiger partial charge >= 0.3 is 0 Å². The maximum atomic E-state index is 13.7. The van der Waals surface area contributed by atoms with E-state index in [1.165, 1.54) is 17.8 Å². The zero-order valence-electron chi connectivity index (χ0n) is 18.8. The predicted octanol–water partition coefficient (Wildman–Crippen LogP) is 3.99. The summed E-state index contributed by atoms with van der Waals surface area (Å²) in [5.41, 5.74) is 1.79. The first-order valence-electron chi connectivity index (χ1n) is 11.6. The number of aromatic nitrogens is 2. The highest BCUT2D eigenvalue weighted by atomic mass is 32.1. The minimum Gasteiger partial charge on any atom is -0.342 e. The Labute approximate surface area is 196 Å². The molecule has 33 heavy (non-hydrogen) atoms. The number of benzene rings is 1. The van der Waals surface area contributed by atoms with Gasteiger partial charge in [0.1, 0.15) is 4.70 Å². The van der Waals surface area contributed by atoms with Crippen molar-refractivity contribution in [1.82, 2.24) is 14.5 Å². The van der Waals surface area contributed by atoms with Crippen LogP contribution in [-0.4, -0.2) is 46.0 Å². The van der Waals surface area contributed by atoms with E-state index in [1.54, 1.807) is 16.7 Å². The zero-order chi connectivity index (χ0) is 22.9. The number of hydrogen-bond acceptors (Lipinski definition) is 6. The second kappa shape index (κ2) is 8.99. The lowest BCUT2D eigenvalue weighted by Crippen LogP contribution is -2.36. The van der Waals surface area contributed by atoms with Crippen molar-refractivity contribution in [3.05, 3.63) is 56.7 Å². The molecule has 2 aromatic heterocycles. The first kappa shape index (κ1) is 21.7. The maximum Gasteiger partial charge on any atom is 0.273 e. The molecule has 8 heteroatoms. The summed E-state index contributed by atoms with van der Waals surface area (Å²) in [5, 5.41) is 9.54. The quantitative estimate of drug-likeness (QED) is 0.587. The maximum absolute atomic E-state index is 13.7. The van der Waals surface area contributed by atoms with Crippen molar-refractivity contribution in [3.63, 3.8) is 0 Å². The van der Waals surface area contributed by atoms with Gasteiger partial charge in [0.25, 0.3) is 11.5 Å². The van der Waals surface area contributed by atoms with Crippen molar-refractivity contribution >= 4 is 33.4 Å². The van der Waals surface area contributed by atoms with E-state index in [-0.39, 0.29) is 24.1 Å². The molecule has 0 bridgehead atoms. The number of carbonyl (C=O) groups is 1. The van der Waals surface area contributed by atoms with Gasteiger partial charge in [-0.2, -0.15) is 5.26 Å². The molecule has 3 aromatic rings. The zero-order valence-corrected chi connectivity index (χ0v) is 19.6. The lowest BCUT2D eigenvalue weighted by Gasteiger charge is -2.29. The molecule has 0 N–H and O–H groups in total. The molecule has 0 spiro atoms. The van der Waals surface area contributed by atoms with Gasteiger partial charge in [0.2, 0.25) is 5.95 Å². The van der Waals surface area contributed by atoms with E-state index in [1.807, 2.05) is 23.1 Å². The van der Waals surface area contributed by atoms with Gasteiger partial charge in [-0.3, -0.25) is 14.2 Å². The third kappa shape index (κ3) is 4.02. The highest BCUT2D eigenvalue weighted by Gasteiger charge is 2.28. The monoisotopic (exact) mass is 461 g/mol. The Hall–Kier alpha value is -3.18. The summed E-state index contributed by atoms with van der Waals surface area (Å²) in [6, 6.07) is 11.6. The number of likely N-dealkylation sites (tertiary alicyclic amines) is 1. The first-order valence-corrected chi connectivity index (χ1v) is 12.5. The number of anilines is 1. The van der Waals surface area contributed by atoms with Crippen molar-refractivity contribution in [2.24, 2.45) is 0 Å². The van der Waals surface area contributed by atoms with Crippen molar-refractivity contribution in [3.8, 4) is 6.07 Å². The van der Waals surface area contributed by atoms with Crippen LogP contribution < -0.4 is 10.5 Å². The minimum absolute atomic E-state index is 0.0108. The van der Waals surface area contributed by atoms with Crippen molar-refractivity contribution in [2.45, 2.75) is 51.6 Å². The molecule has 5 rings (SSSR count). The van der Waals surface area contributed by atoms with Crippen LogP contribution >= 0.6 is 11.3 Å². The number of hydrogen-bond donors (Lipinski definition) is 0. The van der Waals surface area contributed by atoms with Crippen LogP contribution in [0.25, 0.3) is 10.2 Å². The van der Waals surface area contributed by atoms with E-state index in [4.69, 9.17) is 4.98 Å². The van der Waals surface area contributed by atoms with Crippen LogP contribution in [0.3, 0.4) is 0 Å². The Balaban J connectivity index is 1.62. The Morgan fingerprint density at radius 1 is 1.18 bits per heavy atom. The highest BCUT2D eigenvalue weighted by Crippen LogP contribution is 2.29. The largest absolute Gasteiger partial charge is 0.342 e. The van der Waals surface area contributed by atoms with E-state index in [0.717, 1.165) is 50.9 Å². The average molecular weight is 462 g/mol. The molecule has 2 aliphatic heterocycles. The summed E-state index contributed by atoms with van der Waals surface area (Å²) >= 11 is 1.24. The molecule has 1 amide bonds. The number of rotatable bonds is 4. The van der Waals surface area contributed by atoms with Gasteiger partial charge in [-0.25, -0.2) is 4.98 Å². The summed E-state index contributed by atoms with van der Waals surface area (Å²) < 4.78 is 2.19. The summed E-state index contributed by atoms with van der Waals surface area (Å²) in [5.74, 6) is 0.620. The molecule has 2 aliphatic rings. The fourth-order valence-electron chi connectivity index (χ4n) is 4.90. The Morgan fingerprint density at radius 2 is 1.97 bits per heavy atom. The van der Waals surface area contributed by atoms with Crippen LogP contribution in [0.5, 0.6) is 0 Å². The molecule has 1 aromatic carbocycles. The Morgan fingerprint density at radius 3 is 2.70 bits per heavy atom. The van der Waals surface area contributed by atoms with Crippen LogP contribution in [0.15, 0.2) is 35.1 Å². The molecule has 2 saturated heterocycles. The molecule has 7 nitrogen and oxygen atoms in total. The number of nitriles is 1. The third-order valence-electron chi connectivity index (χ3n) is 6.74. The number of fused-ring (bicyclic) bond motifs is 1. The fourth-order valence-corrected chi connectivity index (χ4v) is 5.90. The van der Waals surface area contributed by atoms with Crippen molar-refractivity contribution < 1.29 is 4.79 Å². The summed E-state index contributed by atoms with van der Waals surface area (Å²) in [4.78, 5) is 36.4. The summed E-state index contributed by atoms with van der Waals surface area (Å²) in [6.45, 7) is 4.81. The molecular formula is C25H27N5O2S. The number of carbonyl (C=O) groups excluding carboxylic acids is 1. The molecule has 4 heterocycles. The van der Waals surface area contributed by atoms with Crippen LogP contribution in [-0.2, 0) is 6.54 Å². The number of amides is 1. The molecule has 0 saturated carbocycles. The Kier molecular flexibility index (Phi) is 5.90. The Bertz CT molecular complexity index is 1300. The average Bonchev–Trinajstić information content (AvgIpc) is 3.47. The van der Waals surface area contributed by atoms with Crippen LogP contribution in [0.2, 0.25) is 0 Å². The predicted molar refractivity (Wildman–Crippen MR) is 130 cm³/mol. The molecule has 1 atom stereocenters. The van der Waals surface area contributed by atoms with Crippen LogP contribution in [0, 0.1) is 11.3 Å². The second-order valence-electron chi connectivity index (χ2n) is 8.93. The number of thiophene rings is 1. The van der Waals surface area contributed by atoms with E-state index in [2.05, 4.69) is 17.9 Å². The number of piperidine rings is 1.